The second-order valence-electron chi connectivity index (χ2n) is 10.5. The van der Waals surface area contributed by atoms with Gasteiger partial charge < -0.3 is 15.2 Å². The number of methoxy groups -OCH3 is 1. The summed E-state index contributed by atoms with van der Waals surface area (Å²) in [5, 5.41) is 13.1. The topological polar surface area (TPSA) is 95.9 Å². The molecule has 0 aromatic heterocycles. The molecule has 1 aliphatic heterocycles. The summed E-state index contributed by atoms with van der Waals surface area (Å²) in [4.78, 5) is 39.2. The fraction of sp³-hybridized carbons (Fsp3) is 0.370. The molecule has 7 nitrogen and oxygen atoms in total. The fourth-order valence-electron chi connectivity index (χ4n) is 3.69. The number of nitrogens with one attached hydrogen (secondary N) is 1. The highest BCUT2D eigenvalue weighted by molar-refractivity contribution is 8.18. The van der Waals surface area contributed by atoms with Crippen molar-refractivity contribution in [1.82, 2.24) is 4.90 Å². The Bertz CT molecular complexity index is 1150. The van der Waals surface area contributed by atoms with Gasteiger partial charge in [-0.15, -0.1) is 0 Å². The average molecular weight is 497 g/mol. The molecule has 0 aliphatic carbocycles. The van der Waals surface area contributed by atoms with Gasteiger partial charge in [0.2, 0.25) is 5.91 Å². The molecule has 3 amide bonds. The monoisotopic (exact) mass is 496 g/mol. The van der Waals surface area contributed by atoms with Crippen molar-refractivity contribution < 1.29 is 24.2 Å². The molecule has 1 heterocycles. The normalized spacial score (nSPS) is 15.6. The first-order valence-corrected chi connectivity index (χ1v) is 12.1. The molecular formula is C27H32N2O5S. The van der Waals surface area contributed by atoms with E-state index in [-0.39, 0.29) is 28.0 Å². The van der Waals surface area contributed by atoms with Gasteiger partial charge in [0, 0.05) is 16.8 Å². The quantitative estimate of drug-likeness (QED) is 0.518. The van der Waals surface area contributed by atoms with Crippen molar-refractivity contribution in [2.45, 2.75) is 52.4 Å². The van der Waals surface area contributed by atoms with Crippen LogP contribution in [-0.4, -0.2) is 40.7 Å². The van der Waals surface area contributed by atoms with Crippen molar-refractivity contribution in [3.8, 4) is 11.5 Å². The van der Waals surface area contributed by atoms with Gasteiger partial charge in [0.1, 0.15) is 18.0 Å². The van der Waals surface area contributed by atoms with E-state index in [1.54, 1.807) is 37.5 Å². The van der Waals surface area contributed by atoms with Gasteiger partial charge in [-0.3, -0.25) is 19.3 Å². The van der Waals surface area contributed by atoms with Crippen LogP contribution in [0, 0.1) is 0 Å². The smallest absolute Gasteiger partial charge is 0.294 e. The first-order valence-electron chi connectivity index (χ1n) is 11.3. The molecule has 0 unspecified atom stereocenters. The van der Waals surface area contributed by atoms with Crippen LogP contribution >= 0.6 is 11.8 Å². The number of phenolic OH excluding ortho intramolecular Hbond substituents is 1. The van der Waals surface area contributed by atoms with Crippen LogP contribution in [0.5, 0.6) is 11.5 Å². The van der Waals surface area contributed by atoms with Crippen LogP contribution in [-0.2, 0) is 20.4 Å². The summed E-state index contributed by atoms with van der Waals surface area (Å²) in [6, 6.07) is 10.4. The van der Waals surface area contributed by atoms with E-state index >= 15 is 0 Å². The van der Waals surface area contributed by atoms with Crippen LogP contribution in [0.25, 0.3) is 6.08 Å². The molecule has 1 aliphatic rings. The predicted molar refractivity (Wildman–Crippen MR) is 140 cm³/mol. The standard InChI is InChI=1S/C27H32N2O5S/c1-26(2,3)19-12-16(13-20(23(19)31)27(4,5)6)14-21-24(32)29(25(33)35-21)15-22(30)28-17-8-10-18(34-7)11-9-17/h8-14,31H,15H2,1-7H3,(H,28,30)/b21-14+. The van der Waals surface area contributed by atoms with Crippen molar-refractivity contribution in [2.75, 3.05) is 19.0 Å². The molecule has 0 saturated carbocycles. The van der Waals surface area contributed by atoms with E-state index in [0.29, 0.717) is 17.0 Å². The Balaban J connectivity index is 1.84. The number of ether oxygens (including phenoxy) is 1. The van der Waals surface area contributed by atoms with Crippen LogP contribution in [0.15, 0.2) is 41.3 Å². The lowest BCUT2D eigenvalue weighted by molar-refractivity contribution is -0.127. The maximum absolute atomic E-state index is 13.0. The van der Waals surface area contributed by atoms with Gasteiger partial charge in [-0.25, -0.2) is 0 Å². The van der Waals surface area contributed by atoms with Crippen molar-refractivity contribution in [1.29, 1.82) is 0 Å². The highest BCUT2D eigenvalue weighted by Crippen LogP contribution is 2.41. The SMILES string of the molecule is COc1ccc(NC(=O)CN2C(=O)S/C(=C/c3cc(C(C)(C)C)c(O)c(C(C)(C)C)c3)C2=O)cc1. The first kappa shape index (κ1) is 26.3. The number of carbonyl (C=O) groups is 3. The summed E-state index contributed by atoms with van der Waals surface area (Å²) >= 11 is 0.800. The molecule has 0 atom stereocenters. The second-order valence-corrected chi connectivity index (χ2v) is 11.5. The molecule has 2 aromatic carbocycles. The molecule has 1 fully saturated rings. The number of imide groups is 1. The van der Waals surface area contributed by atoms with Crippen molar-refractivity contribution in [3.63, 3.8) is 0 Å². The van der Waals surface area contributed by atoms with Crippen molar-refractivity contribution >= 4 is 40.6 Å². The number of thioether (sulfide) groups is 1. The predicted octanol–water partition coefficient (Wildman–Crippen LogP) is 5.67. The van der Waals surface area contributed by atoms with Crippen LogP contribution in [0.2, 0.25) is 0 Å². The number of amides is 3. The van der Waals surface area contributed by atoms with E-state index in [2.05, 4.69) is 5.32 Å². The van der Waals surface area contributed by atoms with E-state index in [1.807, 2.05) is 53.7 Å². The summed E-state index contributed by atoms with van der Waals surface area (Å²) < 4.78 is 5.10. The number of nitrogens with zero attached hydrogens (tertiary/aromatic N) is 1. The highest BCUT2D eigenvalue weighted by atomic mass is 32.2. The van der Waals surface area contributed by atoms with E-state index in [9.17, 15) is 19.5 Å². The minimum absolute atomic E-state index is 0.234. The maximum atomic E-state index is 13.0. The van der Waals surface area contributed by atoms with Crippen LogP contribution in [0.3, 0.4) is 0 Å². The molecule has 186 valence electrons. The largest absolute Gasteiger partial charge is 0.507 e. The number of aromatic hydroxyl groups is 1. The third-order valence-corrected chi connectivity index (χ3v) is 6.50. The highest BCUT2D eigenvalue weighted by Gasteiger charge is 2.36. The number of hydrogen-bond acceptors (Lipinski definition) is 6. The molecule has 35 heavy (non-hydrogen) atoms. The number of benzene rings is 2. The lowest BCUT2D eigenvalue weighted by atomic mass is 9.78. The third kappa shape index (κ3) is 6.06. The van der Waals surface area contributed by atoms with Gasteiger partial charge in [-0.1, -0.05) is 41.5 Å². The maximum Gasteiger partial charge on any atom is 0.294 e. The van der Waals surface area contributed by atoms with Gasteiger partial charge in [0.25, 0.3) is 11.1 Å². The molecule has 2 aromatic rings. The number of carbonyl (C=O) groups excluding carboxylic acids is 3. The molecule has 8 heteroatoms. The first-order chi connectivity index (χ1) is 16.2. The fourth-order valence-corrected chi connectivity index (χ4v) is 4.53. The van der Waals surface area contributed by atoms with Gasteiger partial charge in [0.15, 0.2) is 0 Å². The van der Waals surface area contributed by atoms with Gasteiger partial charge in [-0.05, 0) is 70.6 Å². The summed E-state index contributed by atoms with van der Waals surface area (Å²) in [7, 11) is 1.55. The lowest BCUT2D eigenvalue weighted by Gasteiger charge is -2.28. The Morgan fingerprint density at radius 3 is 2.06 bits per heavy atom. The number of rotatable bonds is 5. The number of hydrogen-bond donors (Lipinski definition) is 2. The molecule has 2 N–H and O–H groups in total. The van der Waals surface area contributed by atoms with E-state index in [0.717, 1.165) is 27.8 Å². The Morgan fingerprint density at radius 2 is 1.57 bits per heavy atom. The van der Waals surface area contributed by atoms with Gasteiger partial charge in [0.05, 0.1) is 12.0 Å². The molecular weight excluding hydrogens is 464 g/mol. The Morgan fingerprint density at radius 1 is 1.03 bits per heavy atom. The molecule has 0 radical (unpaired) electrons. The minimum atomic E-state index is -0.521. The van der Waals surface area contributed by atoms with Crippen LogP contribution in [0.1, 0.15) is 58.2 Å². The lowest BCUT2D eigenvalue weighted by Crippen LogP contribution is -2.36. The zero-order chi connectivity index (χ0) is 26.1. The second kappa shape index (κ2) is 9.77. The van der Waals surface area contributed by atoms with Gasteiger partial charge in [-0.2, -0.15) is 0 Å². The molecule has 3 rings (SSSR count). The van der Waals surface area contributed by atoms with Gasteiger partial charge >= 0.3 is 0 Å². The Labute approximate surface area is 210 Å². The van der Waals surface area contributed by atoms with Crippen molar-refractivity contribution in [2.24, 2.45) is 0 Å². The zero-order valence-corrected chi connectivity index (χ0v) is 22.0. The number of anilines is 1. The summed E-state index contributed by atoms with van der Waals surface area (Å²) in [6.45, 7) is 11.7. The minimum Gasteiger partial charge on any atom is -0.507 e. The molecule has 0 bridgehead atoms. The van der Waals surface area contributed by atoms with E-state index < -0.39 is 17.1 Å². The van der Waals surface area contributed by atoms with Crippen LogP contribution in [0.4, 0.5) is 10.5 Å². The Kier molecular flexibility index (Phi) is 7.36. The zero-order valence-electron chi connectivity index (χ0n) is 21.2. The Hall–Kier alpha value is -3.26. The average Bonchev–Trinajstić information content (AvgIpc) is 3.01. The van der Waals surface area contributed by atoms with E-state index in [4.69, 9.17) is 4.74 Å². The molecule has 0 spiro atoms. The summed E-state index contributed by atoms with van der Waals surface area (Å²) in [5.41, 5.74) is 2.11. The summed E-state index contributed by atoms with van der Waals surface area (Å²) in [6.07, 6.45) is 1.65. The summed E-state index contributed by atoms with van der Waals surface area (Å²) in [5.74, 6) is -0.107. The van der Waals surface area contributed by atoms with Crippen LogP contribution < -0.4 is 10.1 Å². The van der Waals surface area contributed by atoms with E-state index in [1.165, 1.54) is 0 Å². The molecule has 1 saturated heterocycles. The van der Waals surface area contributed by atoms with Crippen molar-refractivity contribution in [3.05, 3.63) is 58.0 Å². The number of phenols is 1. The third-order valence-electron chi connectivity index (χ3n) is 5.60.